The molecule has 0 radical (unpaired) electrons. The normalized spacial score (nSPS) is 14.9. The molecule has 1 nitrogen and oxygen atoms in total. The van der Waals surface area contributed by atoms with E-state index in [0.29, 0.717) is 0 Å². The Kier molecular flexibility index (Phi) is 5.70. The largest absolute Gasteiger partial charge is 0.480 e. The van der Waals surface area contributed by atoms with Crippen molar-refractivity contribution < 1.29 is 4.52 Å². The smallest absolute Gasteiger partial charge is 0.0977 e. The van der Waals surface area contributed by atoms with Gasteiger partial charge in [0, 0.05) is 6.42 Å². The van der Waals surface area contributed by atoms with Crippen molar-refractivity contribution in [3.8, 4) is 0 Å². The third-order valence-corrected chi connectivity index (χ3v) is 6.74. The second kappa shape index (κ2) is 8.55. The Morgan fingerprint density at radius 1 is 0.630 bits per heavy atom. The highest BCUT2D eigenvalue weighted by molar-refractivity contribution is 7.34. The quantitative estimate of drug-likeness (QED) is 0.333. The third-order valence-electron chi connectivity index (χ3n) is 5.20. The lowest BCUT2D eigenvalue weighted by Crippen LogP contribution is -2.24. The summed E-state index contributed by atoms with van der Waals surface area (Å²) in [5.74, 6) is 1.16. The van der Waals surface area contributed by atoms with Gasteiger partial charge in [0.15, 0.2) is 0 Å². The minimum Gasteiger partial charge on any atom is -0.480 e. The zero-order valence-electron chi connectivity index (χ0n) is 15.5. The molecule has 2 heteroatoms. The highest BCUT2D eigenvalue weighted by atomic mass is 31.1. The fourth-order valence-corrected chi connectivity index (χ4v) is 5.11. The molecule has 3 aromatic carbocycles. The summed E-state index contributed by atoms with van der Waals surface area (Å²) in [5.41, 5.74) is 3.83. The van der Waals surface area contributed by atoms with Gasteiger partial charge in [0.2, 0.25) is 0 Å². The lowest BCUT2D eigenvalue weighted by molar-refractivity contribution is 0.421. The first-order valence-electron chi connectivity index (χ1n) is 9.69. The Hall–Kier alpha value is -2.37. The van der Waals surface area contributed by atoms with Crippen molar-refractivity contribution in [1.82, 2.24) is 0 Å². The average Bonchev–Trinajstić information content (AvgIpc) is 2.77. The molecule has 27 heavy (non-hydrogen) atoms. The first-order valence-corrected chi connectivity index (χ1v) is 10.6. The van der Waals surface area contributed by atoms with Crippen LogP contribution in [0.2, 0.25) is 0 Å². The predicted octanol–water partition coefficient (Wildman–Crippen LogP) is 7.05. The zero-order chi connectivity index (χ0) is 18.4. The molecule has 0 amide bonds. The minimum atomic E-state index is -0.304. The van der Waals surface area contributed by atoms with E-state index >= 15 is 0 Å². The maximum absolute atomic E-state index is 6.50. The first kappa shape index (κ1) is 18.0. The molecule has 4 rings (SSSR count). The summed E-state index contributed by atoms with van der Waals surface area (Å²) in [6.07, 6.45) is 6.97. The maximum Gasteiger partial charge on any atom is 0.0977 e. The predicted molar refractivity (Wildman–Crippen MR) is 115 cm³/mol. The summed E-state index contributed by atoms with van der Waals surface area (Å²) in [6, 6.07) is 32.4. The van der Waals surface area contributed by atoms with Crippen LogP contribution in [0.4, 0.5) is 0 Å². The van der Waals surface area contributed by atoms with Crippen molar-refractivity contribution in [2.45, 2.75) is 30.8 Å². The molecule has 3 aromatic rings. The molecule has 136 valence electrons. The van der Waals surface area contributed by atoms with E-state index in [4.69, 9.17) is 4.52 Å². The van der Waals surface area contributed by atoms with Crippen LogP contribution in [-0.2, 0) is 9.68 Å². The molecule has 0 N–H and O–H groups in total. The maximum atomic E-state index is 6.50. The van der Waals surface area contributed by atoms with Crippen molar-refractivity contribution >= 4 is 8.81 Å². The van der Waals surface area contributed by atoms with E-state index in [0.717, 1.165) is 18.6 Å². The lowest BCUT2D eigenvalue weighted by Gasteiger charge is -2.35. The lowest BCUT2D eigenvalue weighted by atomic mass is 9.84. The molecule has 1 aliphatic rings. The summed E-state index contributed by atoms with van der Waals surface area (Å²) in [7, 11) is 0.289. The Balaban J connectivity index is 1.85. The highest BCUT2D eigenvalue weighted by Crippen LogP contribution is 2.53. The van der Waals surface area contributed by atoms with Crippen molar-refractivity contribution in [2.24, 2.45) is 0 Å². The van der Waals surface area contributed by atoms with Crippen LogP contribution in [0.3, 0.4) is 0 Å². The standard InChI is InChI=1S/C25H25OP/c1-5-13-21(14-6-1)25(22-15-7-2-8-16-22,23-17-9-3-10-18-23)27-26-24-19-11-4-12-20-24/h1-3,5-10,13-19,27H,4,11-12,20H2. The molecule has 0 saturated carbocycles. The summed E-state index contributed by atoms with van der Waals surface area (Å²) in [5, 5.41) is -0.304. The first-order chi connectivity index (χ1) is 13.4. The van der Waals surface area contributed by atoms with Crippen molar-refractivity contribution in [1.29, 1.82) is 0 Å². The van der Waals surface area contributed by atoms with E-state index in [1.165, 1.54) is 29.5 Å². The molecule has 0 spiro atoms. The second-order valence-corrected chi connectivity index (χ2v) is 8.13. The molecule has 0 fully saturated rings. The van der Waals surface area contributed by atoms with Crippen molar-refractivity contribution in [3.05, 3.63) is 120 Å². The molecule has 1 aliphatic carbocycles. The molecule has 0 heterocycles. The van der Waals surface area contributed by atoms with E-state index in [9.17, 15) is 0 Å². The van der Waals surface area contributed by atoms with Gasteiger partial charge < -0.3 is 4.52 Å². The van der Waals surface area contributed by atoms with Gasteiger partial charge in [-0.25, -0.2) is 0 Å². The van der Waals surface area contributed by atoms with Gasteiger partial charge in [-0.3, -0.25) is 0 Å². The van der Waals surface area contributed by atoms with Gasteiger partial charge >= 0.3 is 0 Å². The SMILES string of the molecule is C1=C(OPC(c2ccccc2)(c2ccccc2)c2ccccc2)CCCC1. The Bertz CT molecular complexity index is 775. The molecular weight excluding hydrogens is 347 g/mol. The second-order valence-electron chi connectivity index (χ2n) is 6.97. The molecule has 0 aliphatic heterocycles. The van der Waals surface area contributed by atoms with Crippen LogP contribution >= 0.6 is 8.81 Å². The topological polar surface area (TPSA) is 9.23 Å². The zero-order valence-corrected chi connectivity index (χ0v) is 16.5. The van der Waals surface area contributed by atoms with Crippen LogP contribution in [-0.4, -0.2) is 0 Å². The van der Waals surface area contributed by atoms with Crippen molar-refractivity contribution in [3.63, 3.8) is 0 Å². The van der Waals surface area contributed by atoms with E-state index < -0.39 is 0 Å². The summed E-state index contributed by atoms with van der Waals surface area (Å²) in [4.78, 5) is 0. The fraction of sp³-hybridized carbons (Fsp3) is 0.200. The van der Waals surface area contributed by atoms with Gasteiger partial charge in [0.1, 0.15) is 0 Å². The van der Waals surface area contributed by atoms with Crippen LogP contribution in [0.1, 0.15) is 42.4 Å². The van der Waals surface area contributed by atoms with Gasteiger partial charge in [0.25, 0.3) is 0 Å². The van der Waals surface area contributed by atoms with Crippen LogP contribution in [0, 0.1) is 0 Å². The number of hydrogen-bond acceptors (Lipinski definition) is 1. The number of hydrogen-bond donors (Lipinski definition) is 0. The van der Waals surface area contributed by atoms with E-state index in [2.05, 4.69) is 97.1 Å². The van der Waals surface area contributed by atoms with E-state index in [1.54, 1.807) is 0 Å². The average molecular weight is 372 g/mol. The van der Waals surface area contributed by atoms with Gasteiger partial charge in [0.05, 0.1) is 19.7 Å². The summed E-state index contributed by atoms with van der Waals surface area (Å²) >= 11 is 0. The Morgan fingerprint density at radius 3 is 1.52 bits per heavy atom. The highest BCUT2D eigenvalue weighted by Gasteiger charge is 2.38. The van der Waals surface area contributed by atoms with Gasteiger partial charge in [-0.15, -0.1) is 0 Å². The van der Waals surface area contributed by atoms with Gasteiger partial charge in [-0.1, -0.05) is 91.0 Å². The number of rotatable bonds is 6. The van der Waals surface area contributed by atoms with E-state index in [1.807, 2.05) is 0 Å². The number of allylic oxidation sites excluding steroid dienone is 2. The third kappa shape index (κ3) is 3.84. The number of benzene rings is 3. The van der Waals surface area contributed by atoms with Gasteiger partial charge in [-0.2, -0.15) is 0 Å². The van der Waals surface area contributed by atoms with Crippen LogP contribution in [0.15, 0.2) is 103 Å². The molecule has 0 aromatic heterocycles. The fourth-order valence-electron chi connectivity index (χ4n) is 3.78. The van der Waals surface area contributed by atoms with Crippen LogP contribution in [0.5, 0.6) is 0 Å². The molecule has 0 saturated heterocycles. The van der Waals surface area contributed by atoms with Crippen LogP contribution in [0.25, 0.3) is 0 Å². The molecule has 0 bridgehead atoms. The van der Waals surface area contributed by atoms with Gasteiger partial charge in [-0.05, 0) is 42.0 Å². The minimum absolute atomic E-state index is 0.289. The Labute approximate surface area is 164 Å². The summed E-state index contributed by atoms with van der Waals surface area (Å²) < 4.78 is 6.50. The molecular formula is C25H25OP. The van der Waals surface area contributed by atoms with E-state index in [-0.39, 0.29) is 14.0 Å². The van der Waals surface area contributed by atoms with Crippen LogP contribution < -0.4 is 0 Å². The Morgan fingerprint density at radius 2 is 1.11 bits per heavy atom. The van der Waals surface area contributed by atoms with Crippen molar-refractivity contribution in [2.75, 3.05) is 0 Å². The summed E-state index contributed by atoms with van der Waals surface area (Å²) in [6.45, 7) is 0. The molecule has 1 unspecified atom stereocenters. The monoisotopic (exact) mass is 372 g/mol. The molecule has 1 atom stereocenters.